The van der Waals surface area contributed by atoms with Gasteiger partial charge in [0.15, 0.2) is 0 Å². The highest BCUT2D eigenvalue weighted by Gasteiger charge is 2.27. The molecule has 2 fully saturated rings. The van der Waals surface area contributed by atoms with E-state index in [2.05, 4.69) is 5.32 Å². The van der Waals surface area contributed by atoms with Crippen molar-refractivity contribution < 1.29 is 13.2 Å². The van der Waals surface area contributed by atoms with E-state index in [1.807, 2.05) is 36.4 Å². The van der Waals surface area contributed by atoms with Crippen LogP contribution in [0.5, 0.6) is 0 Å². The Morgan fingerprint density at radius 3 is 1.96 bits per heavy atom. The second-order valence-electron chi connectivity index (χ2n) is 6.96. The van der Waals surface area contributed by atoms with E-state index >= 15 is 0 Å². The lowest BCUT2D eigenvalue weighted by molar-refractivity contribution is 0.0951. The van der Waals surface area contributed by atoms with E-state index in [1.165, 1.54) is 0 Å². The number of rotatable bonds is 5. The van der Waals surface area contributed by atoms with Gasteiger partial charge < -0.3 is 5.32 Å². The Morgan fingerprint density at radius 1 is 0.885 bits per heavy atom. The Bertz CT molecular complexity index is 895. The average Bonchev–Trinajstić information content (AvgIpc) is 3.29. The SMILES string of the molecule is O=C(NC1CC1)c1ccc(-c2ccc(S(=O)(=O)N3CCCC3)cc2)cc1. The first kappa shape index (κ1) is 17.2. The predicted octanol–water partition coefficient (Wildman–Crippen LogP) is 3.03. The number of carbonyl (C=O) groups excluding carboxylic acids is 1. The minimum atomic E-state index is -3.38. The summed E-state index contributed by atoms with van der Waals surface area (Å²) in [4.78, 5) is 12.4. The molecule has 5 nitrogen and oxygen atoms in total. The highest BCUT2D eigenvalue weighted by Crippen LogP contribution is 2.25. The van der Waals surface area contributed by atoms with Crippen molar-refractivity contribution >= 4 is 15.9 Å². The fourth-order valence-electron chi connectivity index (χ4n) is 3.21. The molecule has 2 aromatic rings. The summed E-state index contributed by atoms with van der Waals surface area (Å²) in [5, 5.41) is 2.97. The smallest absolute Gasteiger partial charge is 0.251 e. The van der Waals surface area contributed by atoms with Crippen LogP contribution < -0.4 is 5.32 Å². The fourth-order valence-corrected chi connectivity index (χ4v) is 4.72. The van der Waals surface area contributed by atoms with Gasteiger partial charge in [0.25, 0.3) is 5.91 Å². The highest BCUT2D eigenvalue weighted by molar-refractivity contribution is 7.89. The van der Waals surface area contributed by atoms with Crippen LogP contribution in [0.2, 0.25) is 0 Å². The molecule has 0 radical (unpaired) electrons. The van der Waals surface area contributed by atoms with E-state index in [0.717, 1.165) is 36.8 Å². The zero-order valence-electron chi connectivity index (χ0n) is 14.5. The molecule has 2 aromatic carbocycles. The summed E-state index contributed by atoms with van der Waals surface area (Å²) in [7, 11) is -3.38. The van der Waals surface area contributed by atoms with E-state index in [1.54, 1.807) is 16.4 Å². The van der Waals surface area contributed by atoms with Crippen LogP contribution in [0.15, 0.2) is 53.4 Å². The zero-order chi connectivity index (χ0) is 18.1. The van der Waals surface area contributed by atoms with E-state index in [4.69, 9.17) is 0 Å². The first-order chi connectivity index (χ1) is 12.5. The van der Waals surface area contributed by atoms with Crippen LogP contribution in [-0.2, 0) is 10.0 Å². The summed E-state index contributed by atoms with van der Waals surface area (Å²) in [6, 6.07) is 14.7. The molecule has 136 valence electrons. The quantitative estimate of drug-likeness (QED) is 0.880. The van der Waals surface area contributed by atoms with Crippen molar-refractivity contribution in [1.29, 1.82) is 0 Å². The maximum absolute atomic E-state index is 12.6. The lowest BCUT2D eigenvalue weighted by Crippen LogP contribution is -2.27. The van der Waals surface area contributed by atoms with E-state index in [-0.39, 0.29) is 5.91 Å². The van der Waals surface area contributed by atoms with Crippen LogP contribution in [0, 0.1) is 0 Å². The third kappa shape index (κ3) is 3.52. The second kappa shape index (κ2) is 6.85. The molecule has 1 aliphatic carbocycles. The van der Waals surface area contributed by atoms with Gasteiger partial charge in [0, 0.05) is 24.7 Å². The summed E-state index contributed by atoms with van der Waals surface area (Å²) < 4.78 is 26.7. The normalized spacial score (nSPS) is 18.0. The molecule has 6 heteroatoms. The molecule has 1 N–H and O–H groups in total. The molecule has 1 heterocycles. The number of benzene rings is 2. The van der Waals surface area contributed by atoms with Crippen LogP contribution in [0.25, 0.3) is 11.1 Å². The van der Waals surface area contributed by atoms with E-state index < -0.39 is 10.0 Å². The molecule has 1 saturated heterocycles. The summed E-state index contributed by atoms with van der Waals surface area (Å²) in [6.07, 6.45) is 3.99. The van der Waals surface area contributed by atoms with Gasteiger partial charge in [-0.25, -0.2) is 8.42 Å². The molecule has 1 saturated carbocycles. The molecule has 2 aliphatic rings. The Kier molecular flexibility index (Phi) is 4.54. The summed E-state index contributed by atoms with van der Waals surface area (Å²) in [6.45, 7) is 1.21. The predicted molar refractivity (Wildman–Crippen MR) is 100 cm³/mol. The molecule has 0 aromatic heterocycles. The molecule has 1 amide bonds. The number of sulfonamides is 1. The number of carbonyl (C=O) groups is 1. The molecule has 0 unspecified atom stereocenters. The standard InChI is InChI=1S/C20H22N2O3S/c23-20(21-18-9-10-18)17-5-3-15(4-6-17)16-7-11-19(12-8-16)26(24,25)22-13-1-2-14-22/h3-8,11-12,18H,1-2,9-10,13-14H2,(H,21,23). The van der Waals surface area contributed by atoms with Gasteiger partial charge in [-0.2, -0.15) is 4.31 Å². The first-order valence-electron chi connectivity index (χ1n) is 9.05. The summed E-state index contributed by atoms with van der Waals surface area (Å²) >= 11 is 0. The van der Waals surface area contributed by atoms with Crippen LogP contribution in [-0.4, -0.2) is 37.8 Å². The third-order valence-electron chi connectivity index (χ3n) is 4.95. The van der Waals surface area contributed by atoms with Gasteiger partial charge in [-0.05, 0) is 61.1 Å². The molecular weight excluding hydrogens is 348 g/mol. The van der Waals surface area contributed by atoms with Gasteiger partial charge in [-0.3, -0.25) is 4.79 Å². The Balaban J connectivity index is 1.50. The van der Waals surface area contributed by atoms with Crippen LogP contribution in [0.3, 0.4) is 0 Å². The van der Waals surface area contributed by atoms with Crippen LogP contribution >= 0.6 is 0 Å². The van der Waals surface area contributed by atoms with Crippen molar-refractivity contribution in [3.63, 3.8) is 0 Å². The topological polar surface area (TPSA) is 66.5 Å². The largest absolute Gasteiger partial charge is 0.349 e. The molecule has 0 spiro atoms. The van der Waals surface area contributed by atoms with Gasteiger partial charge in [0.2, 0.25) is 10.0 Å². The van der Waals surface area contributed by atoms with Crippen LogP contribution in [0.4, 0.5) is 0 Å². The maximum atomic E-state index is 12.6. The first-order valence-corrected chi connectivity index (χ1v) is 10.5. The van der Waals surface area contributed by atoms with Gasteiger partial charge in [0.1, 0.15) is 0 Å². The second-order valence-corrected chi connectivity index (χ2v) is 8.90. The van der Waals surface area contributed by atoms with E-state index in [9.17, 15) is 13.2 Å². The molecule has 4 rings (SSSR count). The monoisotopic (exact) mass is 370 g/mol. The van der Waals surface area contributed by atoms with Gasteiger partial charge >= 0.3 is 0 Å². The summed E-state index contributed by atoms with van der Waals surface area (Å²) in [5.74, 6) is -0.0360. The van der Waals surface area contributed by atoms with Gasteiger partial charge in [-0.15, -0.1) is 0 Å². The Hall–Kier alpha value is -2.18. The van der Waals surface area contributed by atoms with Gasteiger partial charge in [0.05, 0.1) is 4.90 Å². The van der Waals surface area contributed by atoms with Crippen LogP contribution in [0.1, 0.15) is 36.0 Å². The fraction of sp³-hybridized carbons (Fsp3) is 0.350. The van der Waals surface area contributed by atoms with Crippen molar-refractivity contribution in [2.24, 2.45) is 0 Å². The Morgan fingerprint density at radius 2 is 1.42 bits per heavy atom. The number of nitrogens with one attached hydrogen (secondary N) is 1. The highest BCUT2D eigenvalue weighted by atomic mass is 32.2. The lowest BCUT2D eigenvalue weighted by atomic mass is 10.0. The molecule has 0 bridgehead atoms. The average molecular weight is 370 g/mol. The summed E-state index contributed by atoms with van der Waals surface area (Å²) in [5.41, 5.74) is 2.53. The minimum Gasteiger partial charge on any atom is -0.349 e. The molecule has 0 atom stereocenters. The number of amides is 1. The van der Waals surface area contributed by atoms with E-state index in [0.29, 0.717) is 29.6 Å². The Labute approximate surface area is 154 Å². The molecule has 1 aliphatic heterocycles. The zero-order valence-corrected chi connectivity index (χ0v) is 15.3. The minimum absolute atomic E-state index is 0.0360. The maximum Gasteiger partial charge on any atom is 0.251 e. The van der Waals surface area contributed by atoms with Gasteiger partial charge in [-0.1, -0.05) is 24.3 Å². The number of nitrogens with zero attached hydrogens (tertiary/aromatic N) is 1. The van der Waals surface area contributed by atoms with Crippen molar-refractivity contribution in [2.45, 2.75) is 36.6 Å². The van der Waals surface area contributed by atoms with Crippen molar-refractivity contribution in [3.8, 4) is 11.1 Å². The number of hydrogen-bond donors (Lipinski definition) is 1. The molecular formula is C20H22N2O3S. The van der Waals surface area contributed by atoms with Crippen molar-refractivity contribution in [3.05, 3.63) is 54.1 Å². The third-order valence-corrected chi connectivity index (χ3v) is 6.86. The van der Waals surface area contributed by atoms with Crippen molar-refractivity contribution in [1.82, 2.24) is 9.62 Å². The molecule has 26 heavy (non-hydrogen) atoms. The lowest BCUT2D eigenvalue weighted by Gasteiger charge is -2.15. The number of hydrogen-bond acceptors (Lipinski definition) is 3. The van der Waals surface area contributed by atoms with Crippen molar-refractivity contribution in [2.75, 3.05) is 13.1 Å².